The highest BCUT2D eigenvalue weighted by Gasteiger charge is 2.44. The fourth-order valence-electron chi connectivity index (χ4n) is 3.38. The van der Waals surface area contributed by atoms with E-state index in [0.717, 1.165) is 45.3 Å². The lowest BCUT2D eigenvalue weighted by molar-refractivity contribution is -0.139. The van der Waals surface area contributed by atoms with Gasteiger partial charge in [-0.05, 0) is 32.1 Å². The Bertz CT molecular complexity index is 257. The zero-order valence-electron chi connectivity index (χ0n) is 12.3. The van der Waals surface area contributed by atoms with Crippen LogP contribution in [0.15, 0.2) is 0 Å². The molecule has 2 saturated heterocycles. The van der Waals surface area contributed by atoms with Gasteiger partial charge in [0, 0.05) is 26.2 Å². The molecule has 0 aromatic carbocycles. The second kappa shape index (κ2) is 7.02. The van der Waals surface area contributed by atoms with Gasteiger partial charge >= 0.3 is 0 Å². The molecule has 0 amide bonds. The van der Waals surface area contributed by atoms with Gasteiger partial charge in [-0.2, -0.15) is 0 Å². The smallest absolute Gasteiger partial charge is 0.0940 e. The fraction of sp³-hybridized carbons (Fsp3) is 1.00. The number of ether oxygens (including phenoxy) is 3. The molecule has 0 saturated carbocycles. The van der Waals surface area contributed by atoms with Crippen molar-refractivity contribution in [1.82, 2.24) is 0 Å². The molecule has 4 heteroatoms. The van der Waals surface area contributed by atoms with E-state index in [1.165, 1.54) is 0 Å². The topological polar surface area (TPSA) is 47.9 Å². The fourth-order valence-corrected chi connectivity index (χ4v) is 3.38. The average Bonchev–Trinajstić information content (AvgIpc) is 2.86. The van der Waals surface area contributed by atoms with Crippen molar-refractivity contribution in [1.29, 1.82) is 0 Å². The minimum absolute atomic E-state index is 0.0301. The molecule has 0 aromatic rings. The third kappa shape index (κ3) is 3.69. The van der Waals surface area contributed by atoms with Gasteiger partial charge in [0.25, 0.3) is 0 Å². The van der Waals surface area contributed by atoms with Crippen molar-refractivity contribution in [2.75, 3.05) is 26.4 Å². The van der Waals surface area contributed by atoms with Crippen molar-refractivity contribution in [3.8, 4) is 0 Å². The number of hydrogen-bond acceptors (Lipinski definition) is 4. The third-order valence-corrected chi connectivity index (χ3v) is 4.42. The molecule has 2 fully saturated rings. The summed E-state index contributed by atoms with van der Waals surface area (Å²) in [6, 6.07) is 0. The predicted octanol–water partition coefficient (Wildman–Crippen LogP) is 2.14. The van der Waals surface area contributed by atoms with Gasteiger partial charge in [0.2, 0.25) is 0 Å². The lowest BCUT2D eigenvalue weighted by Gasteiger charge is -2.40. The maximum Gasteiger partial charge on any atom is 0.0940 e. The van der Waals surface area contributed by atoms with Gasteiger partial charge in [-0.3, -0.25) is 0 Å². The van der Waals surface area contributed by atoms with E-state index in [-0.39, 0.29) is 23.7 Å². The molecule has 4 atom stereocenters. The van der Waals surface area contributed by atoms with Gasteiger partial charge in [-0.25, -0.2) is 0 Å². The minimum atomic E-state index is -0.374. The van der Waals surface area contributed by atoms with Gasteiger partial charge < -0.3 is 19.3 Å². The largest absolute Gasteiger partial charge is 0.390 e. The van der Waals surface area contributed by atoms with Crippen molar-refractivity contribution < 1.29 is 19.3 Å². The maximum atomic E-state index is 10.6. The van der Waals surface area contributed by atoms with Gasteiger partial charge in [0.15, 0.2) is 0 Å². The highest BCUT2D eigenvalue weighted by molar-refractivity contribution is 4.93. The summed E-state index contributed by atoms with van der Waals surface area (Å²) in [6.07, 6.45) is 4.36. The molecule has 112 valence electrons. The van der Waals surface area contributed by atoms with E-state index in [1.807, 2.05) is 6.92 Å². The highest BCUT2D eigenvalue weighted by Crippen LogP contribution is 2.38. The van der Waals surface area contributed by atoms with Gasteiger partial charge in [-0.15, -0.1) is 0 Å². The van der Waals surface area contributed by atoms with Gasteiger partial charge in [0.05, 0.1) is 24.4 Å². The summed E-state index contributed by atoms with van der Waals surface area (Å²) in [5.74, 6) is 0.276. The molecule has 2 rings (SSSR count). The van der Waals surface area contributed by atoms with Gasteiger partial charge in [-0.1, -0.05) is 13.3 Å². The lowest BCUT2D eigenvalue weighted by atomic mass is 9.80. The van der Waals surface area contributed by atoms with Crippen LogP contribution in [0.25, 0.3) is 0 Å². The van der Waals surface area contributed by atoms with E-state index in [0.29, 0.717) is 13.2 Å². The van der Waals surface area contributed by atoms with E-state index in [9.17, 15) is 5.11 Å². The first kappa shape index (κ1) is 15.2. The average molecular weight is 272 g/mol. The normalized spacial score (nSPS) is 34.6. The standard InChI is InChI=1S/C15H28O4/c1-3-5-13(18-4-2)14(16)12-6-8-19-15(10-12)7-9-17-11-15/h12-14,16H,3-11H2,1-2H3. The van der Waals surface area contributed by atoms with E-state index in [4.69, 9.17) is 14.2 Å². The molecular formula is C15H28O4. The van der Waals surface area contributed by atoms with Crippen LogP contribution in [0.3, 0.4) is 0 Å². The van der Waals surface area contributed by atoms with Crippen molar-refractivity contribution in [3.05, 3.63) is 0 Å². The predicted molar refractivity (Wildman–Crippen MR) is 73.2 cm³/mol. The van der Waals surface area contributed by atoms with Crippen LogP contribution < -0.4 is 0 Å². The third-order valence-electron chi connectivity index (χ3n) is 4.42. The van der Waals surface area contributed by atoms with Crippen LogP contribution in [0.1, 0.15) is 46.0 Å². The molecule has 4 unspecified atom stereocenters. The zero-order chi connectivity index (χ0) is 13.7. The molecule has 0 radical (unpaired) electrons. The SMILES string of the molecule is CCCC(OCC)C(O)C1CCOC2(CCOC2)C1. The van der Waals surface area contributed by atoms with Crippen LogP contribution in [0, 0.1) is 5.92 Å². The first-order valence-electron chi connectivity index (χ1n) is 7.72. The summed E-state index contributed by atoms with van der Waals surface area (Å²) in [7, 11) is 0. The molecule has 4 nitrogen and oxygen atoms in total. The van der Waals surface area contributed by atoms with Crippen LogP contribution in [0.5, 0.6) is 0 Å². The monoisotopic (exact) mass is 272 g/mol. The van der Waals surface area contributed by atoms with E-state index in [2.05, 4.69) is 6.92 Å². The Morgan fingerprint density at radius 1 is 1.37 bits per heavy atom. The molecule has 0 aromatic heterocycles. The summed E-state index contributed by atoms with van der Waals surface area (Å²) in [4.78, 5) is 0. The molecule has 0 bridgehead atoms. The van der Waals surface area contributed by atoms with Crippen LogP contribution >= 0.6 is 0 Å². The second-order valence-electron chi connectivity index (χ2n) is 5.86. The summed E-state index contributed by atoms with van der Waals surface area (Å²) < 4.78 is 17.1. The van der Waals surface area contributed by atoms with Crippen LogP contribution in [0.4, 0.5) is 0 Å². The summed E-state index contributed by atoms with van der Waals surface area (Å²) in [5, 5.41) is 10.6. The van der Waals surface area contributed by atoms with Crippen molar-refractivity contribution in [3.63, 3.8) is 0 Å². The second-order valence-corrected chi connectivity index (χ2v) is 5.86. The summed E-state index contributed by atoms with van der Waals surface area (Å²) >= 11 is 0. The molecule has 2 aliphatic heterocycles. The molecular weight excluding hydrogens is 244 g/mol. The summed E-state index contributed by atoms with van der Waals surface area (Å²) in [6.45, 7) is 6.99. The lowest BCUT2D eigenvalue weighted by Crippen LogP contribution is -2.46. The Kier molecular flexibility index (Phi) is 5.63. The molecule has 2 heterocycles. The zero-order valence-corrected chi connectivity index (χ0v) is 12.3. The molecule has 1 N–H and O–H groups in total. The van der Waals surface area contributed by atoms with Crippen molar-refractivity contribution >= 4 is 0 Å². The first-order valence-corrected chi connectivity index (χ1v) is 7.72. The van der Waals surface area contributed by atoms with E-state index in [1.54, 1.807) is 0 Å². The number of rotatable bonds is 6. The molecule has 2 aliphatic rings. The maximum absolute atomic E-state index is 10.6. The molecule has 0 aliphatic carbocycles. The van der Waals surface area contributed by atoms with E-state index < -0.39 is 0 Å². The van der Waals surface area contributed by atoms with Crippen LogP contribution in [0.2, 0.25) is 0 Å². The Morgan fingerprint density at radius 2 is 2.21 bits per heavy atom. The number of hydrogen-bond donors (Lipinski definition) is 1. The van der Waals surface area contributed by atoms with E-state index >= 15 is 0 Å². The number of aliphatic hydroxyl groups is 1. The van der Waals surface area contributed by atoms with Crippen molar-refractivity contribution in [2.45, 2.75) is 63.8 Å². The Hall–Kier alpha value is -0.160. The molecule has 1 spiro atoms. The Labute approximate surface area is 116 Å². The molecule has 19 heavy (non-hydrogen) atoms. The summed E-state index contributed by atoms with van der Waals surface area (Å²) in [5.41, 5.74) is -0.132. The Morgan fingerprint density at radius 3 is 2.84 bits per heavy atom. The van der Waals surface area contributed by atoms with Crippen LogP contribution in [-0.4, -0.2) is 49.3 Å². The van der Waals surface area contributed by atoms with Crippen molar-refractivity contribution in [2.24, 2.45) is 5.92 Å². The minimum Gasteiger partial charge on any atom is -0.390 e. The Balaban J connectivity index is 1.94. The number of aliphatic hydroxyl groups excluding tert-OH is 1. The van der Waals surface area contributed by atoms with Gasteiger partial charge in [0.1, 0.15) is 0 Å². The van der Waals surface area contributed by atoms with Crippen LogP contribution in [-0.2, 0) is 14.2 Å². The highest BCUT2D eigenvalue weighted by atomic mass is 16.6. The first-order chi connectivity index (χ1) is 9.21. The quantitative estimate of drug-likeness (QED) is 0.805.